The van der Waals surface area contributed by atoms with Gasteiger partial charge in [-0.05, 0) is 77.0 Å². The average molecular weight is 1020 g/mol. The lowest BCUT2D eigenvalue weighted by Crippen LogP contribution is -2.44. The lowest BCUT2D eigenvalue weighted by molar-refractivity contribution is -0.870. The first kappa shape index (κ1) is 69.2. The minimum absolute atomic E-state index is 0.135. The average Bonchev–Trinajstić information content (AvgIpc) is 3.36. The Kier molecular flexibility index (Phi) is 51.6. The molecule has 0 amide bonds. The minimum Gasteiger partial charge on any atom is -0.545 e. The van der Waals surface area contributed by atoms with Crippen LogP contribution in [0.25, 0.3) is 0 Å². The van der Waals surface area contributed by atoms with Crippen molar-refractivity contribution < 1.29 is 42.9 Å². The molecule has 9 heteroatoms. The molecule has 0 bridgehead atoms. The molecule has 2 atom stereocenters. The summed E-state index contributed by atoms with van der Waals surface area (Å²) < 4.78 is 22.7. The van der Waals surface area contributed by atoms with Crippen molar-refractivity contribution in [2.75, 3.05) is 47.5 Å². The highest BCUT2D eigenvalue weighted by Gasteiger charge is 2.22. The van der Waals surface area contributed by atoms with E-state index in [4.69, 9.17) is 18.9 Å². The maximum absolute atomic E-state index is 12.9. The molecule has 0 aromatic carbocycles. The fourth-order valence-electron chi connectivity index (χ4n) is 7.85. The van der Waals surface area contributed by atoms with Crippen molar-refractivity contribution in [1.82, 2.24) is 0 Å². The van der Waals surface area contributed by atoms with Gasteiger partial charge in [-0.2, -0.15) is 0 Å². The van der Waals surface area contributed by atoms with Crippen molar-refractivity contribution in [1.29, 1.82) is 0 Å². The number of carboxylic acid groups (broad SMARTS) is 1. The van der Waals surface area contributed by atoms with Crippen LogP contribution in [-0.4, -0.2) is 82.3 Å². The summed E-state index contributed by atoms with van der Waals surface area (Å²) in [4.78, 5) is 37.3. The lowest BCUT2D eigenvalue weighted by Gasteiger charge is -2.26. The Morgan fingerprint density at radius 2 is 0.781 bits per heavy atom. The maximum Gasteiger partial charge on any atom is 0.306 e. The molecule has 0 N–H and O–H groups in total. The molecule has 0 aliphatic carbocycles. The van der Waals surface area contributed by atoms with Gasteiger partial charge in [0.2, 0.25) is 0 Å². The summed E-state index contributed by atoms with van der Waals surface area (Å²) in [6.07, 6.45) is 70.3. The first-order chi connectivity index (χ1) is 35.6. The molecule has 0 spiro atoms. The summed E-state index contributed by atoms with van der Waals surface area (Å²) in [6, 6.07) is 0. The summed E-state index contributed by atoms with van der Waals surface area (Å²) >= 11 is 0. The number of carbonyl (C=O) groups excluding carboxylic acids is 3. The summed E-state index contributed by atoms with van der Waals surface area (Å²) in [7, 11) is 5.90. The van der Waals surface area contributed by atoms with E-state index >= 15 is 0 Å². The predicted octanol–water partition coefficient (Wildman–Crippen LogP) is 16.0. The second-order valence-corrected chi connectivity index (χ2v) is 20.6. The zero-order chi connectivity index (χ0) is 53.4. The third kappa shape index (κ3) is 55.8. The van der Waals surface area contributed by atoms with Gasteiger partial charge < -0.3 is 33.3 Å². The molecule has 2 unspecified atom stereocenters. The quantitative estimate of drug-likeness (QED) is 0.0195. The van der Waals surface area contributed by atoms with Crippen LogP contribution in [0.2, 0.25) is 0 Å². The van der Waals surface area contributed by atoms with Crippen LogP contribution in [0.1, 0.15) is 232 Å². The first-order valence-corrected chi connectivity index (χ1v) is 29.4. The largest absolute Gasteiger partial charge is 0.545 e. The molecule has 9 nitrogen and oxygen atoms in total. The number of carbonyl (C=O) groups is 3. The van der Waals surface area contributed by atoms with Gasteiger partial charge in [0.05, 0.1) is 40.3 Å². The van der Waals surface area contributed by atoms with Crippen molar-refractivity contribution in [2.24, 2.45) is 0 Å². The summed E-state index contributed by atoms with van der Waals surface area (Å²) in [5.41, 5.74) is 0. The highest BCUT2D eigenvalue weighted by molar-refractivity contribution is 5.70. The first-order valence-electron chi connectivity index (χ1n) is 29.4. The molecule has 0 aliphatic heterocycles. The molecular weight excluding hydrogens is 911 g/mol. The number of quaternary nitrogens is 1. The second-order valence-electron chi connectivity index (χ2n) is 20.6. The molecule has 0 heterocycles. The number of hydrogen-bond acceptors (Lipinski definition) is 8. The number of aliphatic carboxylic acids is 1. The molecular formula is C64H109NO8. The number of likely N-dealkylation sites (N-methyl/N-ethyl adjacent to an activating group) is 1. The van der Waals surface area contributed by atoms with E-state index in [1.807, 2.05) is 21.1 Å². The molecule has 0 aromatic heterocycles. The number of ether oxygens (including phenoxy) is 4. The molecule has 0 saturated heterocycles. The normalized spacial score (nSPS) is 13.5. The summed E-state index contributed by atoms with van der Waals surface area (Å²) in [5, 5.41) is 11.8. The number of allylic oxidation sites excluding steroid dienone is 16. The molecule has 0 radical (unpaired) electrons. The topological polar surface area (TPSA) is 111 Å². The Hall–Kier alpha value is -3.79. The van der Waals surface area contributed by atoms with E-state index in [2.05, 4.69) is 111 Å². The smallest absolute Gasteiger partial charge is 0.306 e. The summed E-state index contributed by atoms with van der Waals surface area (Å²) in [5.74, 6) is -2.34. The van der Waals surface area contributed by atoms with Gasteiger partial charge in [-0.15, -0.1) is 0 Å². The van der Waals surface area contributed by atoms with E-state index in [9.17, 15) is 19.5 Å². The van der Waals surface area contributed by atoms with E-state index in [-0.39, 0.29) is 38.6 Å². The van der Waals surface area contributed by atoms with Gasteiger partial charge in [0.15, 0.2) is 12.4 Å². The number of esters is 2. The number of rotatable bonds is 53. The molecule has 418 valence electrons. The highest BCUT2D eigenvalue weighted by Crippen LogP contribution is 2.16. The van der Waals surface area contributed by atoms with Gasteiger partial charge in [0.25, 0.3) is 0 Å². The van der Waals surface area contributed by atoms with Crippen LogP contribution >= 0.6 is 0 Å². The third-order valence-electron chi connectivity index (χ3n) is 12.3. The van der Waals surface area contributed by atoms with E-state index in [0.717, 1.165) is 83.5 Å². The summed E-state index contributed by atoms with van der Waals surface area (Å²) in [6.45, 7) is 4.59. The van der Waals surface area contributed by atoms with Crippen molar-refractivity contribution in [3.05, 3.63) is 97.2 Å². The Bertz CT molecular complexity index is 1520. The van der Waals surface area contributed by atoms with Crippen molar-refractivity contribution in [3.63, 3.8) is 0 Å². The number of hydrogen-bond donors (Lipinski definition) is 0. The van der Waals surface area contributed by atoms with Gasteiger partial charge in [-0.1, -0.05) is 239 Å². The van der Waals surface area contributed by atoms with Crippen LogP contribution in [0.5, 0.6) is 0 Å². The number of unbranched alkanes of at least 4 members (excludes halogenated alkanes) is 22. The van der Waals surface area contributed by atoms with Crippen LogP contribution in [0.3, 0.4) is 0 Å². The predicted molar refractivity (Wildman–Crippen MR) is 306 cm³/mol. The highest BCUT2D eigenvalue weighted by atomic mass is 16.7. The molecule has 0 rings (SSSR count). The number of carboxylic acids is 1. The Morgan fingerprint density at radius 1 is 0.425 bits per heavy atom. The van der Waals surface area contributed by atoms with Crippen LogP contribution in [0.4, 0.5) is 0 Å². The van der Waals surface area contributed by atoms with Crippen LogP contribution < -0.4 is 5.11 Å². The van der Waals surface area contributed by atoms with E-state index in [1.54, 1.807) is 0 Å². The molecule has 73 heavy (non-hydrogen) atoms. The Morgan fingerprint density at radius 3 is 1.16 bits per heavy atom. The minimum atomic E-state index is -1.64. The van der Waals surface area contributed by atoms with E-state index in [0.29, 0.717) is 17.4 Å². The SMILES string of the molecule is CC/C=C\C/C=C\C/C=C\C/C=C\C/C=C\C/C=C\C/C=C\C/C=C\CCCCC(=O)OC(COC(=O)CCCCCCCCCCCCCCCCCCCCCCC)COC(OCC[N+](C)(C)C)C(=O)[O-]. The molecule has 0 saturated carbocycles. The zero-order valence-corrected chi connectivity index (χ0v) is 47.5. The van der Waals surface area contributed by atoms with Gasteiger partial charge in [-0.3, -0.25) is 9.59 Å². The maximum atomic E-state index is 12.9. The van der Waals surface area contributed by atoms with Gasteiger partial charge in [0.1, 0.15) is 13.2 Å². The zero-order valence-electron chi connectivity index (χ0n) is 47.5. The molecule has 0 aromatic rings. The monoisotopic (exact) mass is 1020 g/mol. The standard InChI is InChI=1S/C64H109NO8/c1-6-8-10-12-14-16-18-20-22-24-26-28-29-30-31-32-33-35-37-39-41-43-45-47-49-51-53-55-62(67)73-60(59-72-64(63(68)69)70-57-56-65(3,4)5)58-71-61(66)54-52-50-48-46-44-42-40-38-36-34-27-25-23-21-19-17-15-13-11-9-7-2/h8,10,14,16,20,22,26,28,30-31,33,35,39,41,45,47,60,64H,6-7,9,11-13,15,17-19,21,23-25,27,29,32,34,36-38,40,42-44,46,48-59H2,1-5H3/b10-8-,16-14-,22-20-,28-26-,31-30-,35-33-,41-39-,47-45-. The Balaban J connectivity index is 4.36. The fourth-order valence-corrected chi connectivity index (χ4v) is 7.85. The molecule has 0 fully saturated rings. The third-order valence-corrected chi connectivity index (χ3v) is 12.3. The van der Waals surface area contributed by atoms with Crippen LogP contribution in [0, 0.1) is 0 Å². The lowest BCUT2D eigenvalue weighted by atomic mass is 10.0. The van der Waals surface area contributed by atoms with Gasteiger partial charge in [-0.25, -0.2) is 0 Å². The molecule has 0 aliphatic rings. The Labute approximate surface area is 448 Å². The fraction of sp³-hybridized carbons (Fsp3) is 0.703. The van der Waals surface area contributed by atoms with Crippen molar-refractivity contribution in [2.45, 2.75) is 245 Å². The van der Waals surface area contributed by atoms with Crippen LogP contribution in [0.15, 0.2) is 97.2 Å². The van der Waals surface area contributed by atoms with Gasteiger partial charge >= 0.3 is 11.9 Å². The van der Waals surface area contributed by atoms with Crippen molar-refractivity contribution >= 4 is 17.9 Å². The van der Waals surface area contributed by atoms with Crippen molar-refractivity contribution in [3.8, 4) is 0 Å². The van der Waals surface area contributed by atoms with Gasteiger partial charge in [0, 0.05) is 12.8 Å². The van der Waals surface area contributed by atoms with E-state index in [1.165, 1.54) is 116 Å². The van der Waals surface area contributed by atoms with Crippen LogP contribution in [-0.2, 0) is 33.3 Å². The second kappa shape index (κ2) is 54.5. The number of nitrogens with zero attached hydrogens (tertiary/aromatic N) is 1. The van der Waals surface area contributed by atoms with E-state index < -0.39 is 24.3 Å².